The van der Waals surface area contributed by atoms with Crippen LogP contribution in [0.4, 0.5) is 0 Å². The first-order chi connectivity index (χ1) is 13.0. The number of rotatable bonds is 3. The van der Waals surface area contributed by atoms with Crippen molar-refractivity contribution in [1.29, 1.82) is 0 Å². The molecule has 27 heavy (non-hydrogen) atoms. The lowest BCUT2D eigenvalue weighted by molar-refractivity contribution is -0.142. The molecule has 1 aromatic carbocycles. The summed E-state index contributed by atoms with van der Waals surface area (Å²) in [5.74, 6) is -1.17. The summed E-state index contributed by atoms with van der Waals surface area (Å²) in [6.45, 7) is 3.28. The Balaban J connectivity index is 1.94. The number of benzene rings is 1. The van der Waals surface area contributed by atoms with Crippen LogP contribution in [0.15, 0.2) is 47.1 Å². The predicted molar refractivity (Wildman–Crippen MR) is 98.3 cm³/mol. The zero-order valence-corrected chi connectivity index (χ0v) is 15.3. The second kappa shape index (κ2) is 8.13. The van der Waals surface area contributed by atoms with Crippen LogP contribution in [-0.4, -0.2) is 53.5 Å². The van der Waals surface area contributed by atoms with E-state index in [1.165, 1.54) is 11.1 Å². The van der Waals surface area contributed by atoms with Crippen LogP contribution >= 0.6 is 0 Å². The molecular weight excluding hydrogens is 348 g/mol. The van der Waals surface area contributed by atoms with Gasteiger partial charge in [0.1, 0.15) is 11.4 Å². The van der Waals surface area contributed by atoms with Crippen molar-refractivity contribution >= 4 is 23.5 Å². The standard InChI is InChI=1S/C19H22N4O4/c1-13-7-6-10-23(12-13)18(25)15(11-16-19(26)27-21-22(16)2)20-17(24)14-8-4-3-5-9-14/h3-5,8-9,11,13,21H,6-7,10,12H2,1-2H3/b16-11+,20-15?. The fraction of sp³-hybridized carbons (Fsp3) is 0.368. The normalized spacial score (nSPS) is 22.1. The van der Waals surface area contributed by atoms with Crippen LogP contribution in [0.2, 0.25) is 0 Å². The summed E-state index contributed by atoms with van der Waals surface area (Å²) in [4.78, 5) is 47.8. The summed E-state index contributed by atoms with van der Waals surface area (Å²) in [5.41, 5.74) is 2.78. The van der Waals surface area contributed by atoms with Gasteiger partial charge in [0.25, 0.3) is 11.8 Å². The van der Waals surface area contributed by atoms with Gasteiger partial charge in [-0.1, -0.05) is 30.7 Å². The van der Waals surface area contributed by atoms with Gasteiger partial charge in [0.15, 0.2) is 0 Å². The SMILES string of the molecule is CC1CCCN(C(=O)C(/C=C2\C(=O)ONN2C)=NC(=O)c2ccccc2)C1. The van der Waals surface area contributed by atoms with Crippen molar-refractivity contribution in [3.63, 3.8) is 0 Å². The maximum atomic E-state index is 13.0. The molecular formula is C19H22N4O4. The molecule has 8 heteroatoms. The molecule has 0 spiro atoms. The number of piperidine rings is 1. The molecule has 1 N–H and O–H groups in total. The van der Waals surface area contributed by atoms with E-state index in [2.05, 4.69) is 17.5 Å². The third-order valence-electron chi connectivity index (χ3n) is 4.53. The molecule has 1 unspecified atom stereocenters. The average Bonchev–Trinajstić information content (AvgIpc) is 2.99. The number of likely N-dealkylation sites (N-methyl/N-ethyl adjacent to an activating group) is 1. The average molecular weight is 370 g/mol. The molecule has 0 aromatic heterocycles. The van der Waals surface area contributed by atoms with Gasteiger partial charge in [0, 0.05) is 31.8 Å². The molecule has 3 rings (SSSR count). The van der Waals surface area contributed by atoms with Gasteiger partial charge in [-0.3, -0.25) is 14.6 Å². The minimum atomic E-state index is -0.642. The zero-order chi connectivity index (χ0) is 19.4. The van der Waals surface area contributed by atoms with Crippen LogP contribution in [0, 0.1) is 5.92 Å². The molecule has 2 heterocycles. The van der Waals surface area contributed by atoms with Gasteiger partial charge in [0.2, 0.25) is 0 Å². The Kier molecular flexibility index (Phi) is 5.66. The second-order valence-corrected chi connectivity index (χ2v) is 6.74. The van der Waals surface area contributed by atoms with Gasteiger partial charge in [-0.25, -0.2) is 9.79 Å². The van der Waals surface area contributed by atoms with Crippen molar-refractivity contribution in [2.75, 3.05) is 20.1 Å². The molecule has 8 nitrogen and oxygen atoms in total. The van der Waals surface area contributed by atoms with E-state index in [4.69, 9.17) is 4.84 Å². The number of carbonyl (C=O) groups is 3. The molecule has 0 saturated carbocycles. The molecule has 1 atom stereocenters. The summed E-state index contributed by atoms with van der Waals surface area (Å²) in [6.07, 6.45) is 3.25. The van der Waals surface area contributed by atoms with Crippen molar-refractivity contribution in [3.8, 4) is 0 Å². The van der Waals surface area contributed by atoms with Gasteiger partial charge < -0.3 is 9.74 Å². The summed E-state index contributed by atoms with van der Waals surface area (Å²) in [7, 11) is 1.57. The first-order valence-corrected chi connectivity index (χ1v) is 8.85. The smallest absolute Gasteiger partial charge is 0.345 e. The third kappa shape index (κ3) is 4.40. The first-order valence-electron chi connectivity index (χ1n) is 8.85. The van der Waals surface area contributed by atoms with Crippen molar-refractivity contribution in [3.05, 3.63) is 47.7 Å². The highest BCUT2D eigenvalue weighted by molar-refractivity contribution is 6.45. The Hall–Kier alpha value is -3.00. The molecule has 0 radical (unpaired) electrons. The van der Waals surface area contributed by atoms with Crippen molar-refractivity contribution in [1.82, 2.24) is 15.5 Å². The quantitative estimate of drug-likeness (QED) is 0.637. The maximum Gasteiger partial charge on any atom is 0.376 e. The predicted octanol–water partition coefficient (Wildman–Crippen LogP) is 1.32. The Labute approximate surface area is 157 Å². The molecule has 2 aliphatic heterocycles. The summed E-state index contributed by atoms with van der Waals surface area (Å²) in [6, 6.07) is 8.49. The number of amides is 2. The second-order valence-electron chi connectivity index (χ2n) is 6.74. The zero-order valence-electron chi connectivity index (χ0n) is 15.3. The van der Waals surface area contributed by atoms with Gasteiger partial charge in [0.05, 0.1) is 0 Å². The highest BCUT2D eigenvalue weighted by atomic mass is 16.7. The highest BCUT2D eigenvalue weighted by Crippen LogP contribution is 2.17. The highest BCUT2D eigenvalue weighted by Gasteiger charge is 2.29. The number of hydrogen-bond donors (Lipinski definition) is 1. The number of nitrogens with one attached hydrogen (secondary N) is 1. The third-order valence-corrected chi connectivity index (χ3v) is 4.53. The van der Waals surface area contributed by atoms with E-state index in [1.54, 1.807) is 42.3 Å². The van der Waals surface area contributed by atoms with E-state index in [0.717, 1.165) is 12.8 Å². The van der Waals surface area contributed by atoms with Crippen LogP contribution in [0.5, 0.6) is 0 Å². The molecule has 2 amide bonds. The van der Waals surface area contributed by atoms with E-state index in [-0.39, 0.29) is 17.3 Å². The summed E-state index contributed by atoms with van der Waals surface area (Å²) in [5, 5.41) is 1.33. The van der Waals surface area contributed by atoms with Crippen molar-refractivity contribution in [2.45, 2.75) is 19.8 Å². The first kappa shape index (κ1) is 18.8. The monoisotopic (exact) mass is 370 g/mol. The molecule has 0 bridgehead atoms. The summed E-state index contributed by atoms with van der Waals surface area (Å²) >= 11 is 0. The molecule has 142 valence electrons. The molecule has 2 aliphatic rings. The number of nitrogens with zero attached hydrogens (tertiary/aromatic N) is 3. The number of hydrazine groups is 1. The number of likely N-dealkylation sites (tertiary alicyclic amines) is 1. The lowest BCUT2D eigenvalue weighted by Crippen LogP contribution is -2.42. The molecule has 1 aromatic rings. The fourth-order valence-electron chi connectivity index (χ4n) is 3.07. The van der Waals surface area contributed by atoms with E-state index in [9.17, 15) is 14.4 Å². The summed E-state index contributed by atoms with van der Waals surface area (Å²) < 4.78 is 0. The van der Waals surface area contributed by atoms with Crippen molar-refractivity contribution < 1.29 is 19.2 Å². The van der Waals surface area contributed by atoms with Crippen LogP contribution in [0.25, 0.3) is 0 Å². The van der Waals surface area contributed by atoms with Crippen LogP contribution < -0.4 is 5.59 Å². The molecule has 0 aliphatic carbocycles. The lowest BCUT2D eigenvalue weighted by Gasteiger charge is -2.30. The lowest BCUT2D eigenvalue weighted by atomic mass is 10.00. The van der Waals surface area contributed by atoms with Gasteiger partial charge in [-0.2, -0.15) is 0 Å². The topological polar surface area (TPSA) is 91.3 Å². The number of aliphatic imine (C=N–C) groups is 1. The van der Waals surface area contributed by atoms with Gasteiger partial charge >= 0.3 is 5.97 Å². The fourth-order valence-corrected chi connectivity index (χ4v) is 3.07. The van der Waals surface area contributed by atoms with Crippen LogP contribution in [-0.2, 0) is 14.4 Å². The maximum absolute atomic E-state index is 13.0. The van der Waals surface area contributed by atoms with Gasteiger partial charge in [-0.05, 0) is 30.9 Å². The van der Waals surface area contributed by atoms with E-state index < -0.39 is 11.9 Å². The van der Waals surface area contributed by atoms with Gasteiger partial charge in [-0.15, -0.1) is 0 Å². The Morgan fingerprint density at radius 2 is 2.04 bits per heavy atom. The molecule has 2 saturated heterocycles. The van der Waals surface area contributed by atoms with E-state index in [1.807, 2.05) is 0 Å². The Morgan fingerprint density at radius 3 is 2.67 bits per heavy atom. The van der Waals surface area contributed by atoms with E-state index in [0.29, 0.717) is 24.6 Å². The largest absolute Gasteiger partial charge is 0.376 e. The van der Waals surface area contributed by atoms with Crippen molar-refractivity contribution in [2.24, 2.45) is 10.9 Å². The minimum Gasteiger partial charge on any atom is -0.345 e. The van der Waals surface area contributed by atoms with E-state index >= 15 is 0 Å². The Bertz CT molecular complexity index is 803. The molecule has 2 fully saturated rings. The number of hydrogen-bond acceptors (Lipinski definition) is 6. The van der Waals surface area contributed by atoms with Crippen LogP contribution in [0.3, 0.4) is 0 Å². The Morgan fingerprint density at radius 1 is 1.30 bits per heavy atom. The number of carbonyl (C=O) groups excluding carboxylic acids is 3. The van der Waals surface area contributed by atoms with Crippen LogP contribution in [0.1, 0.15) is 30.1 Å². The minimum absolute atomic E-state index is 0.0829.